The summed E-state index contributed by atoms with van der Waals surface area (Å²) in [6.45, 7) is 0. The van der Waals surface area contributed by atoms with Crippen molar-refractivity contribution < 1.29 is 46.5 Å². The standard InChI is InChI=1S/C7H6F5NO5/c8-6(9,7(10,11)12)5(18)13-2(4(16)17)1-3(14)15/h2H,1H2,(H,13,18)(H,14,15)(H,16,17). The molecule has 0 saturated carbocycles. The van der Waals surface area contributed by atoms with E-state index in [1.165, 1.54) is 0 Å². The van der Waals surface area contributed by atoms with Gasteiger partial charge in [0.25, 0.3) is 0 Å². The van der Waals surface area contributed by atoms with Crippen LogP contribution in [0.15, 0.2) is 0 Å². The normalized spacial score (nSPS) is 13.8. The molecule has 104 valence electrons. The van der Waals surface area contributed by atoms with Crippen molar-refractivity contribution in [2.75, 3.05) is 0 Å². The number of halogens is 5. The minimum absolute atomic E-state index is 0.805. The molecule has 0 radical (unpaired) electrons. The molecule has 1 atom stereocenters. The number of carbonyl (C=O) groups is 3. The van der Waals surface area contributed by atoms with Crippen LogP contribution in [0.3, 0.4) is 0 Å². The van der Waals surface area contributed by atoms with E-state index in [2.05, 4.69) is 0 Å². The summed E-state index contributed by atoms with van der Waals surface area (Å²) in [6.07, 6.45) is -7.54. The van der Waals surface area contributed by atoms with Crippen LogP contribution in [0.1, 0.15) is 6.42 Å². The minimum atomic E-state index is -6.20. The molecule has 0 heterocycles. The van der Waals surface area contributed by atoms with Crippen molar-refractivity contribution in [3.63, 3.8) is 0 Å². The lowest BCUT2D eigenvalue weighted by Gasteiger charge is -2.20. The largest absolute Gasteiger partial charge is 0.481 e. The Bertz CT molecular complexity index is 366. The van der Waals surface area contributed by atoms with E-state index in [0.29, 0.717) is 0 Å². The van der Waals surface area contributed by atoms with Gasteiger partial charge in [0, 0.05) is 0 Å². The quantitative estimate of drug-likeness (QED) is 0.625. The summed E-state index contributed by atoms with van der Waals surface area (Å²) < 4.78 is 60.0. The molecule has 1 amide bonds. The van der Waals surface area contributed by atoms with Crippen molar-refractivity contribution in [1.29, 1.82) is 0 Å². The summed E-state index contributed by atoms with van der Waals surface area (Å²) in [6, 6.07) is -2.39. The lowest BCUT2D eigenvalue weighted by atomic mass is 10.2. The summed E-state index contributed by atoms with van der Waals surface area (Å²) in [5.74, 6) is -12.6. The summed E-state index contributed by atoms with van der Waals surface area (Å²) in [5.41, 5.74) is 0. The first-order valence-corrected chi connectivity index (χ1v) is 4.09. The zero-order chi connectivity index (χ0) is 14.7. The highest BCUT2D eigenvalue weighted by Crippen LogP contribution is 2.35. The highest BCUT2D eigenvalue weighted by atomic mass is 19.4. The molecular weight excluding hydrogens is 273 g/mol. The van der Waals surface area contributed by atoms with E-state index in [0.717, 1.165) is 5.32 Å². The molecule has 0 aliphatic heterocycles. The maximum absolute atomic E-state index is 12.4. The van der Waals surface area contributed by atoms with Crippen molar-refractivity contribution in [2.45, 2.75) is 24.6 Å². The van der Waals surface area contributed by atoms with Gasteiger partial charge in [-0.05, 0) is 0 Å². The Hall–Kier alpha value is -1.94. The molecule has 0 fully saturated rings. The first-order valence-electron chi connectivity index (χ1n) is 4.09. The molecule has 0 aromatic carbocycles. The second-order valence-corrected chi connectivity index (χ2v) is 3.03. The molecular formula is C7H6F5NO5. The van der Waals surface area contributed by atoms with Gasteiger partial charge in [0.1, 0.15) is 6.04 Å². The first-order chi connectivity index (χ1) is 7.89. The maximum atomic E-state index is 12.4. The van der Waals surface area contributed by atoms with Gasteiger partial charge in [-0.25, -0.2) is 4.79 Å². The number of hydrogen-bond donors (Lipinski definition) is 3. The van der Waals surface area contributed by atoms with Crippen molar-refractivity contribution in [3.8, 4) is 0 Å². The number of carbonyl (C=O) groups excluding carboxylic acids is 1. The van der Waals surface area contributed by atoms with Crippen LogP contribution in [0, 0.1) is 0 Å². The molecule has 0 aliphatic carbocycles. The molecule has 0 spiro atoms. The second-order valence-electron chi connectivity index (χ2n) is 3.03. The Morgan fingerprint density at radius 3 is 1.78 bits per heavy atom. The van der Waals surface area contributed by atoms with Gasteiger partial charge in [0.2, 0.25) is 0 Å². The monoisotopic (exact) mass is 279 g/mol. The van der Waals surface area contributed by atoms with Crippen LogP contribution in [0.2, 0.25) is 0 Å². The molecule has 0 saturated heterocycles. The number of hydrogen-bond acceptors (Lipinski definition) is 3. The average molecular weight is 279 g/mol. The van der Waals surface area contributed by atoms with Crippen molar-refractivity contribution >= 4 is 17.8 Å². The van der Waals surface area contributed by atoms with Gasteiger partial charge in [-0.15, -0.1) is 0 Å². The van der Waals surface area contributed by atoms with Crippen LogP contribution >= 0.6 is 0 Å². The van der Waals surface area contributed by atoms with Crippen LogP contribution in [-0.4, -0.2) is 46.2 Å². The fraction of sp³-hybridized carbons (Fsp3) is 0.571. The number of nitrogens with one attached hydrogen (secondary N) is 1. The van der Waals surface area contributed by atoms with Gasteiger partial charge >= 0.3 is 29.9 Å². The van der Waals surface area contributed by atoms with E-state index in [1.807, 2.05) is 0 Å². The number of amides is 1. The Morgan fingerprint density at radius 1 is 1.06 bits per heavy atom. The SMILES string of the molecule is O=C(O)CC(NC(=O)C(F)(F)C(F)(F)F)C(=O)O. The number of rotatable bonds is 5. The molecule has 1 unspecified atom stereocenters. The van der Waals surface area contributed by atoms with Gasteiger partial charge in [0.15, 0.2) is 0 Å². The zero-order valence-electron chi connectivity index (χ0n) is 8.29. The van der Waals surface area contributed by atoms with Crippen molar-refractivity contribution in [1.82, 2.24) is 5.32 Å². The van der Waals surface area contributed by atoms with E-state index in [4.69, 9.17) is 10.2 Å². The third-order valence-corrected chi connectivity index (χ3v) is 1.62. The van der Waals surface area contributed by atoms with E-state index in [1.54, 1.807) is 0 Å². The molecule has 11 heteroatoms. The fourth-order valence-electron chi connectivity index (χ4n) is 0.752. The molecule has 6 nitrogen and oxygen atoms in total. The molecule has 3 N–H and O–H groups in total. The van der Waals surface area contributed by atoms with E-state index in [9.17, 15) is 36.3 Å². The maximum Gasteiger partial charge on any atom is 0.463 e. The minimum Gasteiger partial charge on any atom is -0.481 e. The number of aliphatic carboxylic acids is 2. The van der Waals surface area contributed by atoms with Gasteiger partial charge in [-0.1, -0.05) is 0 Å². The smallest absolute Gasteiger partial charge is 0.463 e. The number of carboxylic acid groups (broad SMARTS) is 2. The first kappa shape index (κ1) is 16.1. The lowest BCUT2D eigenvalue weighted by molar-refractivity contribution is -0.270. The summed E-state index contributed by atoms with van der Waals surface area (Å²) in [7, 11) is 0. The van der Waals surface area contributed by atoms with Gasteiger partial charge in [-0.2, -0.15) is 22.0 Å². The van der Waals surface area contributed by atoms with Crippen molar-refractivity contribution in [2.24, 2.45) is 0 Å². The Morgan fingerprint density at radius 2 is 1.50 bits per heavy atom. The Balaban J connectivity index is 4.91. The summed E-state index contributed by atoms with van der Waals surface area (Å²) >= 11 is 0. The van der Waals surface area contributed by atoms with Crippen LogP contribution in [0.25, 0.3) is 0 Å². The third kappa shape index (κ3) is 3.82. The predicted molar refractivity (Wildman–Crippen MR) is 42.8 cm³/mol. The molecule has 0 rings (SSSR count). The Labute approximate surface area is 95.4 Å². The molecule has 0 aliphatic rings. The van der Waals surface area contributed by atoms with Crippen LogP contribution in [0.5, 0.6) is 0 Å². The molecule has 0 aromatic heterocycles. The van der Waals surface area contributed by atoms with E-state index in [-0.39, 0.29) is 0 Å². The van der Waals surface area contributed by atoms with Crippen LogP contribution in [0.4, 0.5) is 22.0 Å². The average Bonchev–Trinajstić information content (AvgIpc) is 2.13. The highest BCUT2D eigenvalue weighted by Gasteiger charge is 2.63. The molecule has 0 bridgehead atoms. The summed E-state index contributed by atoms with van der Waals surface area (Å²) in [4.78, 5) is 31.0. The molecule has 18 heavy (non-hydrogen) atoms. The van der Waals surface area contributed by atoms with Gasteiger partial charge < -0.3 is 15.5 Å². The lowest BCUT2D eigenvalue weighted by Crippen LogP contribution is -2.55. The predicted octanol–water partition coefficient (Wildman–Crippen LogP) is 0.228. The Kier molecular flexibility index (Phi) is 4.59. The fourth-order valence-corrected chi connectivity index (χ4v) is 0.752. The van der Waals surface area contributed by atoms with E-state index < -0.39 is 42.4 Å². The van der Waals surface area contributed by atoms with Crippen LogP contribution in [-0.2, 0) is 14.4 Å². The van der Waals surface area contributed by atoms with Crippen molar-refractivity contribution in [3.05, 3.63) is 0 Å². The van der Waals surface area contributed by atoms with Gasteiger partial charge in [-0.3, -0.25) is 9.59 Å². The van der Waals surface area contributed by atoms with E-state index >= 15 is 0 Å². The summed E-state index contributed by atoms with van der Waals surface area (Å²) in [5, 5.41) is 17.3. The third-order valence-electron chi connectivity index (χ3n) is 1.62. The second kappa shape index (κ2) is 5.14. The molecule has 0 aromatic rings. The topological polar surface area (TPSA) is 104 Å². The highest BCUT2D eigenvalue weighted by molar-refractivity contribution is 5.90. The van der Waals surface area contributed by atoms with Crippen LogP contribution < -0.4 is 5.32 Å². The zero-order valence-corrected chi connectivity index (χ0v) is 8.29. The van der Waals surface area contributed by atoms with Gasteiger partial charge in [0.05, 0.1) is 6.42 Å². The number of alkyl halides is 5. The number of carboxylic acids is 2.